The molecular formula is C10H13N3O3. The monoisotopic (exact) mass is 223 g/mol. The molecule has 86 valence electrons. The van der Waals surface area contributed by atoms with Gasteiger partial charge in [0.25, 0.3) is 0 Å². The van der Waals surface area contributed by atoms with Gasteiger partial charge in [-0.05, 0) is 6.92 Å². The van der Waals surface area contributed by atoms with E-state index >= 15 is 0 Å². The maximum atomic E-state index is 11.2. The van der Waals surface area contributed by atoms with E-state index in [1.54, 1.807) is 6.07 Å². The number of carbonyl (C=O) groups is 1. The zero-order valence-electron chi connectivity index (χ0n) is 8.93. The van der Waals surface area contributed by atoms with E-state index in [0.717, 1.165) is 5.69 Å². The van der Waals surface area contributed by atoms with Gasteiger partial charge in [0.1, 0.15) is 12.1 Å². The van der Waals surface area contributed by atoms with Crippen molar-refractivity contribution in [2.75, 3.05) is 18.5 Å². The Bertz CT molecular complexity index is 402. The van der Waals surface area contributed by atoms with Gasteiger partial charge < -0.3 is 15.2 Å². The van der Waals surface area contributed by atoms with E-state index in [-0.39, 0.29) is 6.61 Å². The summed E-state index contributed by atoms with van der Waals surface area (Å²) in [7, 11) is 0. The van der Waals surface area contributed by atoms with Gasteiger partial charge in [0.15, 0.2) is 5.54 Å². The van der Waals surface area contributed by atoms with Crippen LogP contribution in [0, 0.1) is 6.92 Å². The Morgan fingerprint density at radius 2 is 2.44 bits per heavy atom. The molecule has 1 aromatic rings. The lowest BCUT2D eigenvalue weighted by Gasteiger charge is -2.24. The molecule has 2 rings (SSSR count). The molecule has 1 saturated heterocycles. The molecule has 16 heavy (non-hydrogen) atoms. The molecule has 0 aliphatic carbocycles. The second-order valence-corrected chi connectivity index (χ2v) is 3.86. The first-order valence-corrected chi connectivity index (χ1v) is 5.00. The number of nitrogens with one attached hydrogen (secondary N) is 1. The Labute approximate surface area is 92.7 Å². The normalized spacial score (nSPS) is 24.3. The first-order chi connectivity index (χ1) is 7.62. The molecule has 0 bridgehead atoms. The van der Waals surface area contributed by atoms with Gasteiger partial charge in [-0.25, -0.2) is 14.8 Å². The molecule has 0 aromatic carbocycles. The molecule has 6 heteroatoms. The summed E-state index contributed by atoms with van der Waals surface area (Å²) < 4.78 is 5.14. The molecule has 0 amide bonds. The van der Waals surface area contributed by atoms with Crippen LogP contribution in [0.15, 0.2) is 12.4 Å². The van der Waals surface area contributed by atoms with E-state index in [0.29, 0.717) is 18.8 Å². The Kier molecular flexibility index (Phi) is 2.74. The van der Waals surface area contributed by atoms with Crippen molar-refractivity contribution in [2.45, 2.75) is 18.9 Å². The van der Waals surface area contributed by atoms with Gasteiger partial charge in [-0.1, -0.05) is 0 Å². The summed E-state index contributed by atoms with van der Waals surface area (Å²) in [5.74, 6) is -0.401. The Hall–Kier alpha value is -1.69. The zero-order valence-corrected chi connectivity index (χ0v) is 8.93. The molecule has 6 nitrogen and oxygen atoms in total. The molecule has 1 aliphatic rings. The summed E-state index contributed by atoms with van der Waals surface area (Å²) in [6.45, 7) is 2.43. The van der Waals surface area contributed by atoms with Crippen LogP contribution in [0.4, 0.5) is 5.82 Å². The number of aliphatic carboxylic acids is 1. The van der Waals surface area contributed by atoms with Crippen LogP contribution in [0.5, 0.6) is 0 Å². The Balaban J connectivity index is 2.21. The number of aryl methyl sites for hydroxylation is 1. The van der Waals surface area contributed by atoms with Crippen LogP contribution in [-0.4, -0.2) is 39.8 Å². The topological polar surface area (TPSA) is 84.3 Å². The summed E-state index contributed by atoms with van der Waals surface area (Å²) >= 11 is 0. The highest BCUT2D eigenvalue weighted by molar-refractivity contribution is 5.83. The van der Waals surface area contributed by atoms with Crippen molar-refractivity contribution in [1.82, 2.24) is 9.97 Å². The lowest BCUT2D eigenvalue weighted by Crippen LogP contribution is -2.47. The number of hydrogen-bond donors (Lipinski definition) is 2. The number of hydrogen-bond acceptors (Lipinski definition) is 5. The third-order valence-corrected chi connectivity index (χ3v) is 2.60. The molecule has 1 aromatic heterocycles. The minimum atomic E-state index is -1.05. The number of carboxylic acid groups (broad SMARTS) is 1. The third-order valence-electron chi connectivity index (χ3n) is 2.60. The highest BCUT2D eigenvalue weighted by Crippen LogP contribution is 2.23. The van der Waals surface area contributed by atoms with Crippen molar-refractivity contribution in [2.24, 2.45) is 0 Å². The third kappa shape index (κ3) is 1.96. The smallest absolute Gasteiger partial charge is 0.331 e. The van der Waals surface area contributed by atoms with Gasteiger partial charge in [0.05, 0.1) is 6.61 Å². The van der Waals surface area contributed by atoms with Crippen molar-refractivity contribution in [3.63, 3.8) is 0 Å². The number of ether oxygens (including phenoxy) is 1. The maximum Gasteiger partial charge on any atom is 0.331 e. The van der Waals surface area contributed by atoms with E-state index in [2.05, 4.69) is 15.3 Å². The number of rotatable bonds is 3. The van der Waals surface area contributed by atoms with Crippen LogP contribution >= 0.6 is 0 Å². The van der Waals surface area contributed by atoms with Crippen molar-refractivity contribution >= 4 is 11.8 Å². The zero-order chi connectivity index (χ0) is 11.6. The molecule has 0 saturated carbocycles. The molecular weight excluding hydrogens is 210 g/mol. The van der Waals surface area contributed by atoms with Gasteiger partial charge in [-0.2, -0.15) is 0 Å². The second kappa shape index (κ2) is 4.05. The molecule has 0 spiro atoms. The van der Waals surface area contributed by atoms with Crippen molar-refractivity contribution in [3.8, 4) is 0 Å². The molecule has 1 fully saturated rings. The van der Waals surface area contributed by atoms with Gasteiger partial charge in [0, 0.05) is 24.8 Å². The predicted molar refractivity (Wildman–Crippen MR) is 56.2 cm³/mol. The SMILES string of the molecule is Cc1cc(NC2(C(=O)O)CCOC2)ncn1. The highest BCUT2D eigenvalue weighted by atomic mass is 16.5. The lowest BCUT2D eigenvalue weighted by atomic mass is 9.99. The number of carboxylic acids is 1. The van der Waals surface area contributed by atoms with E-state index in [1.165, 1.54) is 6.33 Å². The van der Waals surface area contributed by atoms with Crippen LogP contribution in [0.3, 0.4) is 0 Å². The largest absolute Gasteiger partial charge is 0.479 e. The first-order valence-electron chi connectivity index (χ1n) is 5.00. The quantitative estimate of drug-likeness (QED) is 0.773. The summed E-state index contributed by atoms with van der Waals surface area (Å²) in [6.07, 6.45) is 1.84. The van der Waals surface area contributed by atoms with Gasteiger partial charge >= 0.3 is 5.97 Å². The lowest BCUT2D eigenvalue weighted by molar-refractivity contribution is -0.142. The van der Waals surface area contributed by atoms with Crippen LogP contribution in [0.25, 0.3) is 0 Å². The van der Waals surface area contributed by atoms with Gasteiger partial charge in [0.2, 0.25) is 0 Å². The fraction of sp³-hybridized carbons (Fsp3) is 0.500. The molecule has 2 N–H and O–H groups in total. The second-order valence-electron chi connectivity index (χ2n) is 3.86. The molecule has 1 atom stereocenters. The highest BCUT2D eigenvalue weighted by Gasteiger charge is 2.42. The average Bonchev–Trinajstić information content (AvgIpc) is 2.67. The first kappa shape index (κ1) is 10.8. The Morgan fingerprint density at radius 3 is 3.00 bits per heavy atom. The molecule has 2 heterocycles. The summed E-state index contributed by atoms with van der Waals surface area (Å²) in [5, 5.41) is 12.1. The minimum absolute atomic E-state index is 0.158. The predicted octanol–water partition coefficient (Wildman–Crippen LogP) is 0.441. The van der Waals surface area contributed by atoms with Crippen molar-refractivity contribution in [1.29, 1.82) is 0 Å². The van der Waals surface area contributed by atoms with E-state index < -0.39 is 11.5 Å². The van der Waals surface area contributed by atoms with Crippen LogP contribution in [0.1, 0.15) is 12.1 Å². The summed E-state index contributed by atoms with van der Waals surface area (Å²) in [6, 6.07) is 1.71. The van der Waals surface area contributed by atoms with Crippen LogP contribution in [0.2, 0.25) is 0 Å². The number of nitrogens with zero attached hydrogens (tertiary/aromatic N) is 2. The van der Waals surface area contributed by atoms with Crippen molar-refractivity contribution < 1.29 is 14.6 Å². The maximum absolute atomic E-state index is 11.2. The number of aromatic nitrogens is 2. The minimum Gasteiger partial charge on any atom is -0.479 e. The van der Waals surface area contributed by atoms with Crippen LogP contribution < -0.4 is 5.32 Å². The fourth-order valence-corrected chi connectivity index (χ4v) is 1.65. The number of anilines is 1. The molecule has 1 unspecified atom stereocenters. The summed E-state index contributed by atoms with van der Waals surface area (Å²) in [5.41, 5.74) is -0.266. The fourth-order valence-electron chi connectivity index (χ4n) is 1.65. The summed E-state index contributed by atoms with van der Waals surface area (Å²) in [4.78, 5) is 19.2. The van der Waals surface area contributed by atoms with E-state index in [4.69, 9.17) is 4.74 Å². The van der Waals surface area contributed by atoms with Gasteiger partial charge in [-0.15, -0.1) is 0 Å². The van der Waals surface area contributed by atoms with Crippen LogP contribution in [-0.2, 0) is 9.53 Å². The molecule has 0 radical (unpaired) electrons. The average molecular weight is 223 g/mol. The van der Waals surface area contributed by atoms with Crippen molar-refractivity contribution in [3.05, 3.63) is 18.1 Å². The molecule has 1 aliphatic heterocycles. The van der Waals surface area contributed by atoms with E-state index in [9.17, 15) is 9.90 Å². The Morgan fingerprint density at radius 1 is 1.62 bits per heavy atom. The van der Waals surface area contributed by atoms with E-state index in [1.807, 2.05) is 6.92 Å². The standard InChI is InChI=1S/C10H13N3O3/c1-7-4-8(12-6-11-7)13-10(9(14)15)2-3-16-5-10/h4,6H,2-3,5H2,1H3,(H,14,15)(H,11,12,13). The van der Waals surface area contributed by atoms with Gasteiger partial charge in [-0.3, -0.25) is 0 Å².